The molecule has 0 spiro atoms. The number of nitrogens with zero attached hydrogens (tertiary/aromatic N) is 4. The van der Waals surface area contributed by atoms with Crippen LogP contribution in [0, 0.1) is 0 Å². The number of aryl methyl sites for hydroxylation is 1. The van der Waals surface area contributed by atoms with Gasteiger partial charge in [-0.25, -0.2) is 9.97 Å². The van der Waals surface area contributed by atoms with E-state index in [1.807, 2.05) is 29.9 Å². The number of fused-ring (bicyclic) bond motifs is 1. The summed E-state index contributed by atoms with van der Waals surface area (Å²) in [5.41, 5.74) is 1.73. The summed E-state index contributed by atoms with van der Waals surface area (Å²) in [5.74, 6) is 3.25. The number of aromatic amines is 1. The van der Waals surface area contributed by atoms with Crippen LogP contribution in [0.5, 0.6) is 11.5 Å². The predicted octanol–water partition coefficient (Wildman–Crippen LogP) is 1.42. The van der Waals surface area contributed by atoms with Crippen molar-refractivity contribution in [1.82, 2.24) is 29.7 Å². The zero-order chi connectivity index (χ0) is 20.5. The summed E-state index contributed by atoms with van der Waals surface area (Å²) < 4.78 is 12.8. The van der Waals surface area contributed by atoms with Gasteiger partial charge in [0.2, 0.25) is 5.91 Å². The van der Waals surface area contributed by atoms with Gasteiger partial charge < -0.3 is 24.3 Å². The fourth-order valence-electron chi connectivity index (χ4n) is 4.09. The fourth-order valence-corrected chi connectivity index (χ4v) is 4.09. The van der Waals surface area contributed by atoms with Crippen molar-refractivity contribution in [2.45, 2.75) is 25.4 Å². The van der Waals surface area contributed by atoms with Gasteiger partial charge in [0.25, 0.3) is 0 Å². The van der Waals surface area contributed by atoms with E-state index < -0.39 is 0 Å². The molecule has 1 saturated heterocycles. The third kappa shape index (κ3) is 3.77. The maximum Gasteiger partial charge on any atom is 0.217 e. The molecule has 2 aromatic heterocycles. The number of carbonyl (C=O) groups is 1. The van der Waals surface area contributed by atoms with Crippen molar-refractivity contribution in [2.75, 3.05) is 27.3 Å². The van der Waals surface area contributed by atoms with E-state index >= 15 is 0 Å². The molecule has 0 saturated carbocycles. The number of likely N-dealkylation sites (tertiary alicyclic amines) is 1. The molecule has 2 N–H and O–H groups in total. The third-order valence-corrected chi connectivity index (χ3v) is 5.38. The lowest BCUT2D eigenvalue weighted by molar-refractivity contribution is -0.119. The van der Waals surface area contributed by atoms with Gasteiger partial charge in [-0.3, -0.25) is 9.69 Å². The Morgan fingerprint density at radius 3 is 2.69 bits per heavy atom. The number of methoxy groups -OCH3 is 2. The molecule has 2 atom stereocenters. The van der Waals surface area contributed by atoms with Crippen LogP contribution in [-0.4, -0.2) is 63.7 Å². The maximum absolute atomic E-state index is 11.7. The molecule has 0 bridgehead atoms. The highest BCUT2D eigenvalue weighted by molar-refractivity contribution is 5.79. The highest BCUT2D eigenvalue weighted by Crippen LogP contribution is 2.32. The van der Waals surface area contributed by atoms with Gasteiger partial charge in [-0.05, 0) is 0 Å². The number of rotatable bonds is 6. The number of amides is 1. The van der Waals surface area contributed by atoms with Gasteiger partial charge >= 0.3 is 0 Å². The Labute approximate surface area is 169 Å². The van der Waals surface area contributed by atoms with Gasteiger partial charge in [0.05, 0.1) is 43.8 Å². The Morgan fingerprint density at radius 1 is 1.28 bits per heavy atom. The molecule has 9 heteroatoms. The summed E-state index contributed by atoms with van der Waals surface area (Å²) in [7, 11) is 5.21. The number of imidazole rings is 2. The Hall–Kier alpha value is -3.07. The van der Waals surface area contributed by atoms with E-state index in [9.17, 15) is 4.79 Å². The summed E-state index contributed by atoms with van der Waals surface area (Å²) in [6.45, 7) is 3.73. The Morgan fingerprint density at radius 2 is 2.03 bits per heavy atom. The van der Waals surface area contributed by atoms with Crippen LogP contribution in [0.4, 0.5) is 0 Å². The standard InChI is InChI=1S/C20H26N6O3/c1-12(27)22-16-10-26(9-13(16)20-21-5-6-25(20)2)11-19-23-14-7-17(28-3)18(29-4)8-15(14)24-19/h5-8,13,16H,9-11H2,1-4H3,(H,22,27)(H,23,24)/t13-,16-/m1/s1. The van der Waals surface area contributed by atoms with Gasteiger partial charge in [-0.1, -0.05) is 0 Å². The molecule has 1 aromatic carbocycles. The van der Waals surface area contributed by atoms with Crippen molar-refractivity contribution < 1.29 is 14.3 Å². The van der Waals surface area contributed by atoms with Crippen LogP contribution in [0.25, 0.3) is 11.0 Å². The van der Waals surface area contributed by atoms with Crippen LogP contribution in [0.15, 0.2) is 24.5 Å². The molecule has 4 rings (SSSR count). The molecule has 0 radical (unpaired) electrons. The first-order valence-corrected chi connectivity index (χ1v) is 9.55. The smallest absolute Gasteiger partial charge is 0.217 e. The average Bonchev–Trinajstić information content (AvgIpc) is 3.38. The van der Waals surface area contributed by atoms with E-state index in [0.29, 0.717) is 18.0 Å². The topological polar surface area (TPSA) is 97.3 Å². The van der Waals surface area contributed by atoms with E-state index in [1.54, 1.807) is 27.3 Å². The number of aromatic nitrogens is 4. The van der Waals surface area contributed by atoms with Crippen molar-refractivity contribution in [2.24, 2.45) is 7.05 Å². The first kappa shape index (κ1) is 19.3. The van der Waals surface area contributed by atoms with Crippen LogP contribution in [-0.2, 0) is 18.4 Å². The van der Waals surface area contributed by atoms with Crippen molar-refractivity contribution in [1.29, 1.82) is 0 Å². The largest absolute Gasteiger partial charge is 0.493 e. The van der Waals surface area contributed by atoms with Gasteiger partial charge in [-0.2, -0.15) is 0 Å². The zero-order valence-corrected chi connectivity index (χ0v) is 17.1. The molecule has 9 nitrogen and oxygen atoms in total. The number of hydrogen-bond acceptors (Lipinski definition) is 6. The molecule has 154 valence electrons. The zero-order valence-electron chi connectivity index (χ0n) is 17.1. The molecule has 1 fully saturated rings. The highest BCUT2D eigenvalue weighted by atomic mass is 16.5. The van der Waals surface area contributed by atoms with Gasteiger partial charge in [0.1, 0.15) is 11.6 Å². The number of hydrogen-bond donors (Lipinski definition) is 2. The van der Waals surface area contributed by atoms with E-state index in [0.717, 1.165) is 35.8 Å². The van der Waals surface area contributed by atoms with E-state index in [2.05, 4.69) is 20.2 Å². The Bertz CT molecular complexity index is 986. The van der Waals surface area contributed by atoms with Crippen LogP contribution < -0.4 is 14.8 Å². The molecular formula is C20H26N6O3. The van der Waals surface area contributed by atoms with Crippen LogP contribution in [0.2, 0.25) is 0 Å². The lowest BCUT2D eigenvalue weighted by atomic mass is 10.0. The van der Waals surface area contributed by atoms with Crippen LogP contribution in [0.1, 0.15) is 24.5 Å². The van der Waals surface area contributed by atoms with Crippen molar-refractivity contribution in [3.8, 4) is 11.5 Å². The molecular weight excluding hydrogens is 372 g/mol. The number of ether oxygens (including phenoxy) is 2. The Balaban J connectivity index is 1.56. The first-order chi connectivity index (χ1) is 14.0. The second-order valence-electron chi connectivity index (χ2n) is 7.41. The monoisotopic (exact) mass is 398 g/mol. The molecule has 3 aromatic rings. The average molecular weight is 398 g/mol. The molecule has 1 aliphatic rings. The van der Waals surface area contributed by atoms with Crippen LogP contribution in [0.3, 0.4) is 0 Å². The summed E-state index contributed by atoms with van der Waals surface area (Å²) in [6.07, 6.45) is 3.73. The van der Waals surface area contributed by atoms with Gasteiger partial charge in [-0.15, -0.1) is 0 Å². The summed E-state index contributed by atoms with van der Waals surface area (Å²) in [4.78, 5) is 26.6. The number of nitrogens with one attached hydrogen (secondary N) is 2. The van der Waals surface area contributed by atoms with Crippen molar-refractivity contribution in [3.63, 3.8) is 0 Å². The lowest BCUT2D eigenvalue weighted by Crippen LogP contribution is -2.39. The summed E-state index contributed by atoms with van der Waals surface area (Å²) >= 11 is 0. The molecule has 3 heterocycles. The van der Waals surface area contributed by atoms with Crippen molar-refractivity contribution in [3.05, 3.63) is 36.2 Å². The molecule has 0 aliphatic carbocycles. The minimum absolute atomic E-state index is 0.0122. The highest BCUT2D eigenvalue weighted by Gasteiger charge is 2.36. The first-order valence-electron chi connectivity index (χ1n) is 9.55. The summed E-state index contributed by atoms with van der Waals surface area (Å²) in [6, 6.07) is 3.78. The maximum atomic E-state index is 11.7. The van der Waals surface area contributed by atoms with E-state index in [-0.39, 0.29) is 17.9 Å². The second kappa shape index (κ2) is 7.75. The molecule has 1 aliphatic heterocycles. The van der Waals surface area contributed by atoms with Gasteiger partial charge in [0, 0.05) is 51.6 Å². The predicted molar refractivity (Wildman–Crippen MR) is 108 cm³/mol. The third-order valence-electron chi connectivity index (χ3n) is 5.38. The number of carbonyl (C=O) groups excluding carboxylic acids is 1. The minimum Gasteiger partial charge on any atom is -0.493 e. The lowest BCUT2D eigenvalue weighted by Gasteiger charge is -2.18. The number of benzene rings is 1. The normalized spacial score (nSPS) is 19.6. The molecule has 29 heavy (non-hydrogen) atoms. The summed E-state index contributed by atoms with van der Waals surface area (Å²) in [5, 5.41) is 3.08. The quantitative estimate of drug-likeness (QED) is 0.652. The Kier molecular flexibility index (Phi) is 5.14. The number of H-pyrrole nitrogens is 1. The van der Waals surface area contributed by atoms with Gasteiger partial charge in [0.15, 0.2) is 11.5 Å². The van der Waals surface area contributed by atoms with E-state index in [4.69, 9.17) is 14.5 Å². The molecule has 0 unspecified atom stereocenters. The second-order valence-corrected chi connectivity index (χ2v) is 7.41. The van der Waals surface area contributed by atoms with Crippen molar-refractivity contribution >= 4 is 16.9 Å². The fraction of sp³-hybridized carbons (Fsp3) is 0.450. The van der Waals surface area contributed by atoms with Crippen LogP contribution >= 0.6 is 0 Å². The minimum atomic E-state index is -0.0287. The SMILES string of the molecule is COc1cc2nc(CN3C[C@@H](NC(C)=O)[C@H](c4nccn4C)C3)[nH]c2cc1OC. The van der Waals surface area contributed by atoms with E-state index in [1.165, 1.54) is 0 Å². The molecule has 1 amide bonds.